The van der Waals surface area contributed by atoms with E-state index in [1.165, 1.54) is 23.1 Å². The first-order valence-corrected chi connectivity index (χ1v) is 10.8. The van der Waals surface area contributed by atoms with Gasteiger partial charge in [0.2, 0.25) is 5.91 Å². The summed E-state index contributed by atoms with van der Waals surface area (Å²) in [6, 6.07) is 17.1. The molecule has 1 amide bonds. The summed E-state index contributed by atoms with van der Waals surface area (Å²) in [4.78, 5) is 29.6. The number of ether oxygens (including phenoxy) is 1. The van der Waals surface area contributed by atoms with Crippen molar-refractivity contribution >= 4 is 35.0 Å². The lowest BCUT2D eigenvalue weighted by Gasteiger charge is -2.06. The Balaban J connectivity index is 1.48. The molecular weight excluding hydrogens is 392 g/mol. The summed E-state index contributed by atoms with van der Waals surface area (Å²) in [6.45, 7) is 0.577. The number of esters is 1. The second-order valence-corrected chi connectivity index (χ2v) is 7.74. The van der Waals surface area contributed by atoms with Gasteiger partial charge >= 0.3 is 5.97 Å². The number of thiazole rings is 1. The van der Waals surface area contributed by atoms with Gasteiger partial charge in [-0.3, -0.25) is 4.79 Å². The fourth-order valence-electron chi connectivity index (χ4n) is 2.52. The Hall–Kier alpha value is -2.64. The quantitative estimate of drug-likeness (QED) is 0.446. The van der Waals surface area contributed by atoms with Crippen LogP contribution in [-0.4, -0.2) is 23.1 Å². The number of thioether (sulfide) groups is 1. The normalized spacial score (nSPS) is 10.5. The highest BCUT2D eigenvalue weighted by Gasteiger charge is 2.13. The second-order valence-electron chi connectivity index (χ2n) is 5.95. The van der Waals surface area contributed by atoms with E-state index in [0.717, 1.165) is 10.5 Å². The molecule has 0 saturated heterocycles. The van der Waals surface area contributed by atoms with Crippen molar-refractivity contribution in [2.75, 3.05) is 6.26 Å². The number of rotatable bonds is 8. The maximum absolute atomic E-state index is 12.3. The monoisotopic (exact) mass is 412 g/mol. The predicted molar refractivity (Wildman–Crippen MR) is 111 cm³/mol. The third kappa shape index (κ3) is 5.68. The van der Waals surface area contributed by atoms with Crippen LogP contribution < -0.4 is 5.32 Å². The number of nitrogens with zero attached hydrogens (tertiary/aromatic N) is 1. The molecule has 3 aromatic rings. The molecule has 0 spiro atoms. The fraction of sp³-hybridized carbons (Fsp3) is 0.190. The Morgan fingerprint density at radius 3 is 2.64 bits per heavy atom. The third-order valence-corrected chi connectivity index (χ3v) is 5.62. The number of aromatic nitrogens is 1. The van der Waals surface area contributed by atoms with E-state index in [-0.39, 0.29) is 24.9 Å². The van der Waals surface area contributed by atoms with Crippen LogP contribution in [0.4, 0.5) is 0 Å². The molecule has 1 heterocycles. The van der Waals surface area contributed by atoms with Crippen molar-refractivity contribution in [2.24, 2.45) is 0 Å². The zero-order valence-corrected chi connectivity index (χ0v) is 17.0. The Morgan fingerprint density at radius 2 is 1.86 bits per heavy atom. The molecule has 0 aliphatic rings. The van der Waals surface area contributed by atoms with Crippen LogP contribution in [0, 0.1) is 0 Å². The summed E-state index contributed by atoms with van der Waals surface area (Å²) in [5.74, 6) is -0.462. The molecule has 0 aliphatic heterocycles. The lowest BCUT2D eigenvalue weighted by Crippen LogP contribution is -2.24. The molecule has 144 valence electrons. The van der Waals surface area contributed by atoms with Crippen molar-refractivity contribution in [1.29, 1.82) is 0 Å². The van der Waals surface area contributed by atoms with E-state index in [1.54, 1.807) is 6.07 Å². The number of carbonyl (C=O) groups excluding carboxylic acids is 2. The Morgan fingerprint density at radius 1 is 1.11 bits per heavy atom. The second kappa shape index (κ2) is 10.1. The largest absolute Gasteiger partial charge is 0.456 e. The SMILES string of the molecule is CSc1ccccc1C(=O)OCc1csc(CC(=O)NCc2ccccc2)n1. The highest BCUT2D eigenvalue weighted by Crippen LogP contribution is 2.21. The Kier molecular flexibility index (Phi) is 7.22. The molecule has 3 rings (SSSR count). The number of carbonyl (C=O) groups is 2. The molecule has 0 radical (unpaired) electrons. The Bertz CT molecular complexity index is 942. The van der Waals surface area contributed by atoms with Gasteiger partial charge in [-0.2, -0.15) is 0 Å². The van der Waals surface area contributed by atoms with Gasteiger partial charge in [0, 0.05) is 16.8 Å². The third-order valence-electron chi connectivity index (χ3n) is 3.92. The first-order valence-electron chi connectivity index (χ1n) is 8.69. The Labute approximate surface area is 172 Å². The highest BCUT2D eigenvalue weighted by atomic mass is 32.2. The average Bonchev–Trinajstić information content (AvgIpc) is 3.18. The van der Waals surface area contributed by atoms with E-state index in [9.17, 15) is 9.59 Å². The molecule has 28 heavy (non-hydrogen) atoms. The van der Waals surface area contributed by atoms with Crippen LogP contribution in [0.25, 0.3) is 0 Å². The smallest absolute Gasteiger partial charge is 0.339 e. The van der Waals surface area contributed by atoms with Crippen LogP contribution >= 0.6 is 23.1 Å². The minimum atomic E-state index is -0.375. The van der Waals surface area contributed by atoms with Gasteiger partial charge in [0.1, 0.15) is 11.6 Å². The van der Waals surface area contributed by atoms with Gasteiger partial charge in [-0.1, -0.05) is 42.5 Å². The van der Waals surface area contributed by atoms with Crippen molar-refractivity contribution in [1.82, 2.24) is 10.3 Å². The zero-order valence-electron chi connectivity index (χ0n) is 15.4. The molecule has 0 aliphatic carbocycles. The van der Waals surface area contributed by atoms with E-state index in [0.29, 0.717) is 22.8 Å². The van der Waals surface area contributed by atoms with E-state index in [4.69, 9.17) is 4.74 Å². The van der Waals surface area contributed by atoms with E-state index in [2.05, 4.69) is 10.3 Å². The number of nitrogens with one attached hydrogen (secondary N) is 1. The van der Waals surface area contributed by atoms with Crippen LogP contribution in [0.2, 0.25) is 0 Å². The summed E-state index contributed by atoms with van der Waals surface area (Å²) in [5.41, 5.74) is 2.24. The molecule has 5 nitrogen and oxygen atoms in total. The summed E-state index contributed by atoms with van der Waals surface area (Å²) in [6.07, 6.45) is 2.13. The summed E-state index contributed by atoms with van der Waals surface area (Å²) >= 11 is 2.89. The predicted octanol–water partition coefficient (Wildman–Crippen LogP) is 4.08. The van der Waals surface area contributed by atoms with Crippen molar-refractivity contribution in [3.63, 3.8) is 0 Å². The van der Waals surface area contributed by atoms with Crippen molar-refractivity contribution in [3.05, 3.63) is 81.8 Å². The minimum Gasteiger partial charge on any atom is -0.456 e. The van der Waals surface area contributed by atoms with Crippen LogP contribution in [-0.2, 0) is 29.1 Å². The number of hydrogen-bond donors (Lipinski definition) is 1. The van der Waals surface area contributed by atoms with Gasteiger partial charge in [0.05, 0.1) is 17.7 Å². The first kappa shape index (κ1) is 20.1. The van der Waals surface area contributed by atoms with Crippen LogP contribution in [0.15, 0.2) is 64.9 Å². The number of benzene rings is 2. The van der Waals surface area contributed by atoms with Crippen molar-refractivity contribution in [2.45, 2.75) is 24.5 Å². The highest BCUT2D eigenvalue weighted by molar-refractivity contribution is 7.98. The van der Waals surface area contributed by atoms with Crippen LogP contribution in [0.1, 0.15) is 26.6 Å². The molecule has 7 heteroatoms. The molecule has 0 unspecified atom stereocenters. The summed E-state index contributed by atoms with van der Waals surface area (Å²) in [5, 5.41) is 5.39. The van der Waals surface area contributed by atoms with Gasteiger partial charge in [-0.15, -0.1) is 23.1 Å². The van der Waals surface area contributed by atoms with Gasteiger partial charge in [-0.05, 0) is 24.0 Å². The van der Waals surface area contributed by atoms with Gasteiger partial charge < -0.3 is 10.1 Å². The van der Waals surface area contributed by atoms with E-state index < -0.39 is 0 Å². The zero-order chi connectivity index (χ0) is 19.8. The standard InChI is InChI=1S/C21H20N2O3S2/c1-27-18-10-6-5-9-17(18)21(25)26-13-16-14-28-20(23-16)11-19(24)22-12-15-7-3-2-4-8-15/h2-10,14H,11-13H2,1H3,(H,22,24). The molecule has 0 saturated carbocycles. The van der Waals surface area contributed by atoms with Crippen LogP contribution in [0.3, 0.4) is 0 Å². The molecule has 1 aromatic heterocycles. The maximum Gasteiger partial charge on any atom is 0.339 e. The number of amides is 1. The summed E-state index contributed by atoms with van der Waals surface area (Å²) < 4.78 is 5.37. The molecular formula is C21H20N2O3S2. The maximum atomic E-state index is 12.3. The van der Waals surface area contributed by atoms with Crippen LogP contribution in [0.5, 0.6) is 0 Å². The van der Waals surface area contributed by atoms with Gasteiger partial charge in [0.15, 0.2) is 0 Å². The lowest BCUT2D eigenvalue weighted by molar-refractivity contribution is -0.120. The fourth-order valence-corrected chi connectivity index (χ4v) is 3.89. The van der Waals surface area contributed by atoms with Crippen molar-refractivity contribution < 1.29 is 14.3 Å². The minimum absolute atomic E-state index is 0.0870. The topological polar surface area (TPSA) is 68.3 Å². The number of hydrogen-bond acceptors (Lipinski definition) is 6. The lowest BCUT2D eigenvalue weighted by atomic mass is 10.2. The van der Waals surface area contributed by atoms with E-state index in [1.807, 2.05) is 60.2 Å². The average molecular weight is 413 g/mol. The first-order chi connectivity index (χ1) is 13.7. The van der Waals surface area contributed by atoms with Crippen molar-refractivity contribution in [3.8, 4) is 0 Å². The molecule has 0 fully saturated rings. The molecule has 0 atom stereocenters. The van der Waals surface area contributed by atoms with E-state index >= 15 is 0 Å². The van der Waals surface area contributed by atoms with Gasteiger partial charge in [-0.25, -0.2) is 9.78 Å². The molecule has 1 N–H and O–H groups in total. The summed E-state index contributed by atoms with van der Waals surface area (Å²) in [7, 11) is 0. The molecule has 0 bridgehead atoms. The molecule has 2 aromatic carbocycles. The van der Waals surface area contributed by atoms with Gasteiger partial charge in [0.25, 0.3) is 0 Å².